The van der Waals surface area contributed by atoms with Crippen LogP contribution in [-0.2, 0) is 9.53 Å². The first kappa shape index (κ1) is 12.8. The van der Waals surface area contributed by atoms with Crippen molar-refractivity contribution < 1.29 is 9.53 Å². The summed E-state index contributed by atoms with van der Waals surface area (Å²) in [6.45, 7) is 8.88. The summed E-state index contributed by atoms with van der Waals surface area (Å²) >= 11 is 1.83. The highest BCUT2D eigenvalue weighted by atomic mass is 32.2. The minimum absolute atomic E-state index is 0.112. The van der Waals surface area contributed by atoms with Crippen molar-refractivity contribution in [2.24, 2.45) is 5.41 Å². The number of ether oxygens (including phenoxy) is 1. The second kappa shape index (κ2) is 5.21. The summed E-state index contributed by atoms with van der Waals surface area (Å²) in [7, 11) is 0. The molecule has 3 nitrogen and oxygen atoms in total. The normalized spacial score (nSPS) is 27.5. The Kier molecular flexibility index (Phi) is 4.46. The standard InChI is InChI=1S/C11H21NO2S/c1-5-14-10(13)8-6-15-7-9(12-8)11(2,3)4/h8-9,12H,5-7H2,1-4H3/t8-,9-/m0/s1. The van der Waals surface area contributed by atoms with Crippen LogP contribution < -0.4 is 5.32 Å². The van der Waals surface area contributed by atoms with Crippen LogP contribution in [0.5, 0.6) is 0 Å². The van der Waals surface area contributed by atoms with Crippen LogP contribution in [0, 0.1) is 5.41 Å². The van der Waals surface area contributed by atoms with E-state index in [0.717, 1.165) is 11.5 Å². The van der Waals surface area contributed by atoms with E-state index < -0.39 is 0 Å². The van der Waals surface area contributed by atoms with E-state index in [1.807, 2.05) is 18.7 Å². The van der Waals surface area contributed by atoms with Gasteiger partial charge in [0.2, 0.25) is 0 Å². The Hall–Kier alpha value is -0.220. The van der Waals surface area contributed by atoms with Gasteiger partial charge in [-0.1, -0.05) is 20.8 Å². The van der Waals surface area contributed by atoms with Gasteiger partial charge in [-0.15, -0.1) is 0 Å². The van der Waals surface area contributed by atoms with E-state index in [0.29, 0.717) is 12.6 Å². The maximum Gasteiger partial charge on any atom is 0.323 e. The predicted molar refractivity (Wildman–Crippen MR) is 64.1 cm³/mol. The van der Waals surface area contributed by atoms with E-state index in [9.17, 15) is 4.79 Å². The third kappa shape index (κ3) is 3.68. The average Bonchev–Trinajstić information content (AvgIpc) is 2.17. The lowest BCUT2D eigenvalue weighted by atomic mass is 9.87. The van der Waals surface area contributed by atoms with Gasteiger partial charge in [0.25, 0.3) is 0 Å². The van der Waals surface area contributed by atoms with E-state index in [1.165, 1.54) is 0 Å². The van der Waals surface area contributed by atoms with E-state index >= 15 is 0 Å². The second-order valence-corrected chi connectivity index (χ2v) is 6.00. The van der Waals surface area contributed by atoms with Crippen LogP contribution in [0.1, 0.15) is 27.7 Å². The summed E-state index contributed by atoms with van der Waals surface area (Å²) in [5, 5.41) is 3.38. The number of esters is 1. The van der Waals surface area contributed by atoms with Crippen molar-refractivity contribution in [1.29, 1.82) is 0 Å². The smallest absolute Gasteiger partial charge is 0.323 e. The molecule has 1 aliphatic rings. The molecule has 1 aliphatic heterocycles. The number of rotatable bonds is 2. The average molecular weight is 231 g/mol. The lowest BCUT2D eigenvalue weighted by Crippen LogP contribution is -2.55. The van der Waals surface area contributed by atoms with Crippen LogP contribution in [0.15, 0.2) is 0 Å². The molecule has 1 rings (SSSR count). The maximum absolute atomic E-state index is 11.6. The van der Waals surface area contributed by atoms with Gasteiger partial charge in [0.15, 0.2) is 0 Å². The highest BCUT2D eigenvalue weighted by Gasteiger charge is 2.33. The molecular formula is C11H21NO2S. The fraction of sp³-hybridized carbons (Fsp3) is 0.909. The number of carbonyl (C=O) groups is 1. The fourth-order valence-electron chi connectivity index (χ4n) is 1.52. The van der Waals surface area contributed by atoms with Crippen molar-refractivity contribution in [3.63, 3.8) is 0 Å². The third-order valence-corrected chi connectivity index (χ3v) is 3.73. The molecule has 2 atom stereocenters. The third-order valence-electron chi connectivity index (χ3n) is 2.59. The molecule has 0 radical (unpaired) electrons. The van der Waals surface area contributed by atoms with Gasteiger partial charge in [0, 0.05) is 17.5 Å². The Bertz CT molecular complexity index is 225. The molecule has 0 aromatic heterocycles. The zero-order valence-electron chi connectivity index (χ0n) is 10.0. The number of nitrogens with one attached hydrogen (secondary N) is 1. The van der Waals surface area contributed by atoms with Crippen LogP contribution in [0.25, 0.3) is 0 Å². The maximum atomic E-state index is 11.6. The van der Waals surface area contributed by atoms with Crippen molar-refractivity contribution in [3.8, 4) is 0 Å². The zero-order chi connectivity index (χ0) is 11.5. The topological polar surface area (TPSA) is 38.3 Å². The zero-order valence-corrected chi connectivity index (χ0v) is 10.8. The van der Waals surface area contributed by atoms with Crippen LogP contribution in [0.2, 0.25) is 0 Å². The molecule has 88 valence electrons. The van der Waals surface area contributed by atoms with Crippen LogP contribution in [0.3, 0.4) is 0 Å². The Labute approximate surface area is 96.3 Å². The quantitative estimate of drug-likeness (QED) is 0.734. The molecule has 0 aromatic rings. The fourth-order valence-corrected chi connectivity index (χ4v) is 2.96. The Morgan fingerprint density at radius 3 is 2.67 bits per heavy atom. The van der Waals surface area contributed by atoms with Crippen LogP contribution in [0.4, 0.5) is 0 Å². The molecule has 0 amide bonds. The number of hydrogen-bond donors (Lipinski definition) is 1. The predicted octanol–water partition coefficient (Wildman–Crippen LogP) is 1.67. The van der Waals surface area contributed by atoms with Gasteiger partial charge in [-0.05, 0) is 12.3 Å². The van der Waals surface area contributed by atoms with Crippen molar-refractivity contribution >= 4 is 17.7 Å². The molecule has 1 heterocycles. The molecule has 0 unspecified atom stereocenters. The van der Waals surface area contributed by atoms with Gasteiger partial charge >= 0.3 is 5.97 Å². The first-order valence-electron chi connectivity index (χ1n) is 5.45. The molecule has 1 fully saturated rings. The molecule has 0 spiro atoms. The minimum Gasteiger partial charge on any atom is -0.465 e. The first-order chi connectivity index (χ1) is 6.95. The summed E-state index contributed by atoms with van der Waals surface area (Å²) in [5.74, 6) is 1.78. The molecule has 4 heteroatoms. The second-order valence-electron chi connectivity index (χ2n) is 4.93. The van der Waals surface area contributed by atoms with Gasteiger partial charge in [0.05, 0.1) is 6.61 Å². The van der Waals surface area contributed by atoms with Gasteiger partial charge in [-0.3, -0.25) is 10.1 Å². The molecule has 0 bridgehead atoms. The summed E-state index contributed by atoms with van der Waals surface area (Å²) < 4.78 is 5.03. The van der Waals surface area contributed by atoms with Crippen LogP contribution >= 0.6 is 11.8 Å². The summed E-state index contributed by atoms with van der Waals surface area (Å²) in [6.07, 6.45) is 0. The Morgan fingerprint density at radius 2 is 2.13 bits per heavy atom. The SMILES string of the molecule is CCOC(=O)[C@@H]1CSC[C@@H](C(C)(C)C)N1. The molecule has 1 N–H and O–H groups in total. The lowest BCUT2D eigenvalue weighted by Gasteiger charge is -2.37. The number of carbonyl (C=O) groups excluding carboxylic acids is 1. The van der Waals surface area contributed by atoms with Gasteiger partial charge < -0.3 is 4.74 Å². The summed E-state index contributed by atoms with van der Waals surface area (Å²) in [6, 6.07) is 0.249. The van der Waals surface area contributed by atoms with E-state index in [1.54, 1.807) is 0 Å². The number of hydrogen-bond acceptors (Lipinski definition) is 4. The van der Waals surface area contributed by atoms with Crippen molar-refractivity contribution in [2.75, 3.05) is 18.1 Å². The summed E-state index contributed by atoms with van der Waals surface area (Å²) in [5.41, 5.74) is 0.193. The van der Waals surface area contributed by atoms with Gasteiger partial charge in [-0.25, -0.2) is 0 Å². The molecule has 0 saturated carbocycles. The number of thioether (sulfide) groups is 1. The molecule has 0 aromatic carbocycles. The first-order valence-corrected chi connectivity index (χ1v) is 6.61. The van der Waals surface area contributed by atoms with Crippen molar-refractivity contribution in [3.05, 3.63) is 0 Å². The van der Waals surface area contributed by atoms with Gasteiger partial charge in [0.1, 0.15) is 6.04 Å². The molecule has 0 aliphatic carbocycles. The van der Waals surface area contributed by atoms with E-state index in [-0.39, 0.29) is 17.4 Å². The van der Waals surface area contributed by atoms with Gasteiger partial charge in [-0.2, -0.15) is 11.8 Å². The largest absolute Gasteiger partial charge is 0.465 e. The highest BCUT2D eigenvalue weighted by Crippen LogP contribution is 2.26. The van der Waals surface area contributed by atoms with E-state index in [4.69, 9.17) is 4.74 Å². The van der Waals surface area contributed by atoms with E-state index in [2.05, 4.69) is 26.1 Å². The Morgan fingerprint density at radius 1 is 1.47 bits per heavy atom. The summed E-state index contributed by atoms with van der Waals surface area (Å²) in [4.78, 5) is 11.6. The Balaban J connectivity index is 2.52. The monoisotopic (exact) mass is 231 g/mol. The molecular weight excluding hydrogens is 210 g/mol. The van der Waals surface area contributed by atoms with Crippen molar-refractivity contribution in [2.45, 2.75) is 39.8 Å². The highest BCUT2D eigenvalue weighted by molar-refractivity contribution is 7.99. The van der Waals surface area contributed by atoms with Crippen molar-refractivity contribution in [1.82, 2.24) is 5.32 Å². The molecule has 15 heavy (non-hydrogen) atoms. The van der Waals surface area contributed by atoms with Crippen LogP contribution in [-0.4, -0.2) is 36.2 Å². The molecule has 1 saturated heterocycles. The minimum atomic E-state index is -0.132. The lowest BCUT2D eigenvalue weighted by molar-refractivity contribution is -0.145.